The van der Waals surface area contributed by atoms with E-state index >= 15 is 0 Å². The van der Waals surface area contributed by atoms with E-state index < -0.39 is 0 Å². The zero-order valence-electron chi connectivity index (χ0n) is 13.3. The molecule has 0 unspecified atom stereocenters. The van der Waals surface area contributed by atoms with E-state index in [0.29, 0.717) is 0 Å². The number of thiazole rings is 1. The van der Waals surface area contributed by atoms with Gasteiger partial charge < -0.3 is 4.90 Å². The first-order chi connectivity index (χ1) is 11.9. The molecule has 0 radical (unpaired) electrons. The third-order valence-corrected chi connectivity index (χ3v) is 4.83. The molecule has 2 aromatic heterocycles. The van der Waals surface area contributed by atoms with Crippen molar-refractivity contribution in [2.45, 2.75) is 13.0 Å². The van der Waals surface area contributed by atoms with Crippen molar-refractivity contribution in [3.05, 3.63) is 46.9 Å². The number of aromatic nitrogens is 5. The summed E-state index contributed by atoms with van der Waals surface area (Å²) in [6, 6.07) is 10.0. The van der Waals surface area contributed by atoms with Crippen LogP contribution in [-0.4, -0.2) is 56.3 Å². The second-order valence-corrected chi connectivity index (χ2v) is 6.54. The number of anilines is 1. The molecule has 0 spiro atoms. The molecule has 1 aliphatic rings. The van der Waals surface area contributed by atoms with E-state index in [9.17, 15) is 0 Å². The Morgan fingerprint density at radius 2 is 1.96 bits per heavy atom. The van der Waals surface area contributed by atoms with Gasteiger partial charge in [-0.25, -0.2) is 4.98 Å². The van der Waals surface area contributed by atoms with Crippen molar-refractivity contribution < 1.29 is 0 Å². The van der Waals surface area contributed by atoms with Gasteiger partial charge in [0.1, 0.15) is 0 Å². The van der Waals surface area contributed by atoms with Crippen LogP contribution in [0.5, 0.6) is 0 Å². The summed E-state index contributed by atoms with van der Waals surface area (Å²) in [6.45, 7) is 4.85. The molecule has 0 atom stereocenters. The Hall–Kier alpha value is -2.32. The van der Waals surface area contributed by atoms with Crippen LogP contribution in [0.3, 0.4) is 0 Å². The Bertz CT molecular complexity index is 756. The summed E-state index contributed by atoms with van der Waals surface area (Å²) in [5.74, 6) is 0.816. The highest BCUT2D eigenvalue weighted by molar-refractivity contribution is 7.07. The summed E-state index contributed by atoms with van der Waals surface area (Å²) in [5, 5.41) is 14.4. The zero-order chi connectivity index (χ0) is 16.2. The molecule has 1 aliphatic heterocycles. The maximum Gasteiger partial charge on any atom is 0.250 e. The molecule has 0 N–H and O–H groups in total. The zero-order valence-corrected chi connectivity index (χ0v) is 14.1. The van der Waals surface area contributed by atoms with Crippen molar-refractivity contribution in [2.24, 2.45) is 0 Å². The Labute approximate surface area is 144 Å². The minimum absolute atomic E-state index is 0.816. The van der Waals surface area contributed by atoms with Crippen molar-refractivity contribution in [1.82, 2.24) is 30.1 Å². The lowest BCUT2D eigenvalue weighted by Crippen LogP contribution is -2.32. The van der Waals surface area contributed by atoms with Crippen LogP contribution in [0.15, 0.2) is 41.2 Å². The Balaban J connectivity index is 1.47. The second kappa shape index (κ2) is 7.06. The molecule has 3 heterocycles. The van der Waals surface area contributed by atoms with Gasteiger partial charge in [-0.2, -0.15) is 4.68 Å². The van der Waals surface area contributed by atoms with Crippen molar-refractivity contribution in [3.63, 3.8) is 0 Å². The first-order valence-corrected chi connectivity index (χ1v) is 9.02. The lowest BCUT2D eigenvalue weighted by Gasteiger charge is -2.21. The normalized spacial score (nSPS) is 16.2. The van der Waals surface area contributed by atoms with Crippen LogP contribution in [0.1, 0.15) is 12.1 Å². The van der Waals surface area contributed by atoms with E-state index in [0.717, 1.165) is 56.5 Å². The number of hydrogen-bond donors (Lipinski definition) is 0. The molecule has 4 rings (SSSR count). The first kappa shape index (κ1) is 15.2. The predicted octanol–water partition coefficient (Wildman–Crippen LogP) is 1.83. The fourth-order valence-corrected chi connectivity index (χ4v) is 3.54. The van der Waals surface area contributed by atoms with E-state index in [1.165, 1.54) is 0 Å². The Kier molecular flexibility index (Phi) is 4.48. The van der Waals surface area contributed by atoms with Gasteiger partial charge in [0.05, 0.1) is 16.9 Å². The smallest absolute Gasteiger partial charge is 0.250 e. The molecule has 0 bridgehead atoms. The van der Waals surface area contributed by atoms with Gasteiger partial charge >= 0.3 is 0 Å². The van der Waals surface area contributed by atoms with Gasteiger partial charge in [-0.1, -0.05) is 23.3 Å². The fraction of sp³-hybridized carbons (Fsp3) is 0.375. The molecule has 3 aromatic rings. The first-order valence-electron chi connectivity index (χ1n) is 8.08. The van der Waals surface area contributed by atoms with Crippen molar-refractivity contribution in [3.8, 4) is 5.69 Å². The Morgan fingerprint density at radius 1 is 1.04 bits per heavy atom. The number of rotatable bonds is 4. The van der Waals surface area contributed by atoms with Gasteiger partial charge in [-0.3, -0.25) is 4.90 Å². The number of hydrogen-bond acceptors (Lipinski definition) is 7. The SMILES string of the molecule is c1ccc(-n2nnnc2N2CCCN(Cc3cscn3)CC2)cc1. The number of benzene rings is 1. The molecular formula is C16H19N7S. The quantitative estimate of drug-likeness (QED) is 0.721. The van der Waals surface area contributed by atoms with E-state index in [2.05, 4.69) is 35.7 Å². The Morgan fingerprint density at radius 3 is 2.79 bits per heavy atom. The molecule has 1 saturated heterocycles. The van der Waals surface area contributed by atoms with Crippen LogP contribution in [0.4, 0.5) is 5.95 Å². The minimum Gasteiger partial charge on any atom is -0.338 e. The lowest BCUT2D eigenvalue weighted by molar-refractivity contribution is 0.282. The van der Waals surface area contributed by atoms with Crippen LogP contribution in [0.25, 0.3) is 5.69 Å². The molecule has 7 nitrogen and oxygen atoms in total. The summed E-state index contributed by atoms with van der Waals surface area (Å²) in [5.41, 5.74) is 4.04. The standard InChI is InChI=1S/C16H19N7S/c1-2-5-15(6-3-1)23-16(18-19-20-23)22-8-4-7-21(9-10-22)11-14-12-24-13-17-14/h1-3,5-6,12-13H,4,7-11H2. The molecule has 1 aromatic carbocycles. The number of tetrazole rings is 1. The topological polar surface area (TPSA) is 63.0 Å². The second-order valence-electron chi connectivity index (χ2n) is 5.82. The van der Waals surface area contributed by atoms with Crippen LogP contribution in [0.2, 0.25) is 0 Å². The highest BCUT2D eigenvalue weighted by Gasteiger charge is 2.20. The highest BCUT2D eigenvalue weighted by atomic mass is 32.1. The van der Waals surface area contributed by atoms with Crippen molar-refractivity contribution in [1.29, 1.82) is 0 Å². The highest BCUT2D eigenvalue weighted by Crippen LogP contribution is 2.17. The summed E-state index contributed by atoms with van der Waals surface area (Å²) in [6.07, 6.45) is 1.09. The summed E-state index contributed by atoms with van der Waals surface area (Å²) in [4.78, 5) is 9.11. The van der Waals surface area contributed by atoms with Crippen LogP contribution in [-0.2, 0) is 6.54 Å². The summed E-state index contributed by atoms with van der Waals surface area (Å²) in [7, 11) is 0. The van der Waals surface area contributed by atoms with Crippen LogP contribution in [0, 0.1) is 0 Å². The molecule has 0 amide bonds. The van der Waals surface area contributed by atoms with Gasteiger partial charge in [-0.15, -0.1) is 11.3 Å². The fourth-order valence-electron chi connectivity index (χ4n) is 2.99. The minimum atomic E-state index is 0.816. The van der Waals surface area contributed by atoms with E-state index in [1.54, 1.807) is 11.3 Å². The molecule has 0 aliphatic carbocycles. The lowest BCUT2D eigenvalue weighted by atomic mass is 10.3. The third kappa shape index (κ3) is 3.29. The molecule has 8 heteroatoms. The molecule has 124 valence electrons. The number of nitrogens with zero attached hydrogens (tertiary/aromatic N) is 7. The maximum absolute atomic E-state index is 4.39. The molecule has 24 heavy (non-hydrogen) atoms. The molecular weight excluding hydrogens is 322 g/mol. The average molecular weight is 341 g/mol. The number of para-hydroxylation sites is 1. The van der Waals surface area contributed by atoms with E-state index in [1.807, 2.05) is 40.5 Å². The van der Waals surface area contributed by atoms with Crippen molar-refractivity contribution in [2.75, 3.05) is 31.1 Å². The maximum atomic E-state index is 4.39. The summed E-state index contributed by atoms with van der Waals surface area (Å²) < 4.78 is 1.82. The predicted molar refractivity (Wildman–Crippen MR) is 93.4 cm³/mol. The molecule has 1 fully saturated rings. The van der Waals surface area contributed by atoms with Gasteiger partial charge in [0, 0.05) is 38.1 Å². The van der Waals surface area contributed by atoms with Gasteiger partial charge in [0.2, 0.25) is 5.95 Å². The van der Waals surface area contributed by atoms with Crippen LogP contribution >= 0.6 is 11.3 Å². The third-order valence-electron chi connectivity index (χ3n) is 4.19. The molecule has 0 saturated carbocycles. The van der Waals surface area contributed by atoms with Crippen LogP contribution < -0.4 is 4.90 Å². The largest absolute Gasteiger partial charge is 0.338 e. The van der Waals surface area contributed by atoms with E-state index in [-0.39, 0.29) is 0 Å². The average Bonchev–Trinajstić information content (AvgIpc) is 3.25. The van der Waals surface area contributed by atoms with Gasteiger partial charge in [0.15, 0.2) is 0 Å². The van der Waals surface area contributed by atoms with E-state index in [4.69, 9.17) is 0 Å². The van der Waals surface area contributed by atoms with Crippen molar-refractivity contribution >= 4 is 17.3 Å². The van der Waals surface area contributed by atoms with Gasteiger partial charge in [0.25, 0.3) is 0 Å². The summed E-state index contributed by atoms with van der Waals surface area (Å²) >= 11 is 1.65. The van der Waals surface area contributed by atoms with Gasteiger partial charge in [-0.05, 0) is 29.0 Å². The monoisotopic (exact) mass is 341 g/mol.